The number of nitrogens with one attached hydrogen (secondary N) is 1. The molecule has 88 valence electrons. The lowest BCUT2D eigenvalue weighted by Gasteiger charge is -2.09. The van der Waals surface area contributed by atoms with E-state index in [1.807, 2.05) is 12.1 Å². The summed E-state index contributed by atoms with van der Waals surface area (Å²) in [7, 11) is 1.55. The third kappa shape index (κ3) is 2.47. The number of H-pyrrole nitrogens is 1. The lowest BCUT2D eigenvalue weighted by Crippen LogP contribution is -1.99. The zero-order valence-corrected chi connectivity index (χ0v) is 10.2. The fraction of sp³-hybridized carbons (Fsp3) is 0.182. The lowest BCUT2D eigenvalue weighted by molar-refractivity contribution is 0.101. The van der Waals surface area contributed by atoms with Gasteiger partial charge in [-0.15, -0.1) is 0 Å². The van der Waals surface area contributed by atoms with Crippen molar-refractivity contribution in [1.29, 1.82) is 0 Å². The number of hydrogen-bond acceptors (Lipinski definition) is 5. The van der Waals surface area contributed by atoms with Crippen LogP contribution in [0, 0.1) is 0 Å². The molecule has 2 aromatic rings. The van der Waals surface area contributed by atoms with Crippen molar-refractivity contribution in [3.63, 3.8) is 0 Å². The van der Waals surface area contributed by atoms with Gasteiger partial charge in [-0.25, -0.2) is 4.98 Å². The van der Waals surface area contributed by atoms with Gasteiger partial charge in [0.1, 0.15) is 12.1 Å². The molecule has 1 N–H and O–H groups in total. The van der Waals surface area contributed by atoms with E-state index in [4.69, 9.17) is 4.74 Å². The second kappa shape index (κ2) is 5.01. The maximum atomic E-state index is 11.6. The molecule has 0 saturated carbocycles. The second-order valence-electron chi connectivity index (χ2n) is 3.28. The molecule has 1 aromatic carbocycles. The van der Waals surface area contributed by atoms with Crippen LogP contribution in [0.4, 0.5) is 0 Å². The summed E-state index contributed by atoms with van der Waals surface area (Å²) >= 11 is 1.35. The Morgan fingerprint density at radius 1 is 1.47 bits per heavy atom. The Morgan fingerprint density at radius 2 is 2.29 bits per heavy atom. The Labute approximate surface area is 103 Å². The molecule has 1 heterocycles. The van der Waals surface area contributed by atoms with Crippen LogP contribution in [0.2, 0.25) is 0 Å². The smallest absolute Gasteiger partial charge is 0.188 e. The highest BCUT2D eigenvalue weighted by atomic mass is 32.2. The van der Waals surface area contributed by atoms with Crippen molar-refractivity contribution in [3.05, 3.63) is 30.1 Å². The van der Waals surface area contributed by atoms with Gasteiger partial charge in [-0.1, -0.05) is 6.07 Å². The first-order chi connectivity index (χ1) is 8.22. The average Bonchev–Trinajstić information content (AvgIpc) is 2.81. The first-order valence-corrected chi connectivity index (χ1v) is 5.75. The maximum absolute atomic E-state index is 11.6. The average molecular weight is 249 g/mol. The van der Waals surface area contributed by atoms with E-state index in [-0.39, 0.29) is 5.78 Å². The van der Waals surface area contributed by atoms with Crippen LogP contribution in [0.1, 0.15) is 17.3 Å². The van der Waals surface area contributed by atoms with Gasteiger partial charge in [0.2, 0.25) is 0 Å². The van der Waals surface area contributed by atoms with Crippen molar-refractivity contribution in [3.8, 4) is 5.75 Å². The summed E-state index contributed by atoms with van der Waals surface area (Å²) in [6.45, 7) is 1.52. The van der Waals surface area contributed by atoms with Crippen LogP contribution >= 0.6 is 11.8 Å². The minimum absolute atomic E-state index is 0.0375. The Kier molecular flexibility index (Phi) is 3.43. The third-order valence-electron chi connectivity index (χ3n) is 2.16. The predicted octanol–water partition coefficient (Wildman–Crippen LogP) is 2.17. The molecule has 0 atom stereocenters. The molecular weight excluding hydrogens is 238 g/mol. The van der Waals surface area contributed by atoms with Crippen LogP contribution in [0.15, 0.2) is 34.6 Å². The van der Waals surface area contributed by atoms with Gasteiger partial charge in [-0.3, -0.25) is 9.89 Å². The quantitative estimate of drug-likeness (QED) is 0.841. The highest BCUT2D eigenvalue weighted by molar-refractivity contribution is 7.99. The molecule has 2 rings (SSSR count). The molecule has 0 radical (unpaired) electrons. The summed E-state index contributed by atoms with van der Waals surface area (Å²) in [4.78, 5) is 16.4. The van der Waals surface area contributed by atoms with E-state index < -0.39 is 0 Å². The number of nitrogens with zero attached hydrogens (tertiary/aromatic N) is 2. The Morgan fingerprint density at radius 3 is 2.88 bits per heavy atom. The number of Topliss-reactive ketones (excluding diaryl/α,β-unsaturated/α-hetero) is 1. The number of hydrogen-bond donors (Lipinski definition) is 1. The van der Waals surface area contributed by atoms with E-state index >= 15 is 0 Å². The number of carbonyl (C=O) groups is 1. The van der Waals surface area contributed by atoms with Crippen LogP contribution < -0.4 is 4.74 Å². The van der Waals surface area contributed by atoms with E-state index in [0.29, 0.717) is 16.5 Å². The number of benzene rings is 1. The number of ketones is 1. The second-order valence-corrected chi connectivity index (χ2v) is 4.31. The van der Waals surface area contributed by atoms with Gasteiger partial charge >= 0.3 is 0 Å². The summed E-state index contributed by atoms with van der Waals surface area (Å²) in [5, 5.41) is 7.14. The van der Waals surface area contributed by atoms with Crippen LogP contribution in [0.5, 0.6) is 5.75 Å². The summed E-state index contributed by atoms with van der Waals surface area (Å²) in [5.74, 6) is 0.534. The standard InChI is InChI=1S/C11H11N3O2S/c1-7(15)10-8(16-2)4-3-5-9(10)17-11-12-6-13-14-11/h3-6H,1-2H3,(H,12,13,14). The van der Waals surface area contributed by atoms with Gasteiger partial charge in [0.15, 0.2) is 10.9 Å². The number of methoxy groups -OCH3 is 1. The molecule has 5 nitrogen and oxygen atoms in total. The highest BCUT2D eigenvalue weighted by Gasteiger charge is 2.15. The Hall–Kier alpha value is -1.82. The minimum atomic E-state index is -0.0375. The van der Waals surface area contributed by atoms with E-state index in [2.05, 4.69) is 15.2 Å². The van der Waals surface area contributed by atoms with Crippen molar-refractivity contribution in [2.45, 2.75) is 17.0 Å². The zero-order valence-electron chi connectivity index (χ0n) is 9.43. The van der Waals surface area contributed by atoms with E-state index in [1.54, 1.807) is 13.2 Å². The van der Waals surface area contributed by atoms with E-state index in [9.17, 15) is 4.79 Å². The maximum Gasteiger partial charge on any atom is 0.188 e. The molecular formula is C11H11N3O2S. The number of aromatic amines is 1. The third-order valence-corrected chi connectivity index (χ3v) is 3.11. The molecule has 1 aromatic heterocycles. The fourth-order valence-corrected chi connectivity index (χ4v) is 2.36. The summed E-state index contributed by atoms with van der Waals surface area (Å²) in [6, 6.07) is 5.46. The summed E-state index contributed by atoms with van der Waals surface area (Å²) in [6.07, 6.45) is 1.43. The van der Waals surface area contributed by atoms with Gasteiger partial charge in [0, 0.05) is 4.90 Å². The van der Waals surface area contributed by atoms with Crippen LogP contribution in [0.25, 0.3) is 0 Å². The molecule has 0 fully saturated rings. The van der Waals surface area contributed by atoms with E-state index in [0.717, 1.165) is 4.90 Å². The molecule has 0 unspecified atom stereocenters. The Balaban J connectivity index is 2.42. The van der Waals surface area contributed by atoms with E-state index in [1.165, 1.54) is 25.0 Å². The number of carbonyl (C=O) groups excluding carboxylic acids is 1. The monoisotopic (exact) mass is 249 g/mol. The molecule has 0 spiro atoms. The summed E-state index contributed by atoms with van der Waals surface area (Å²) in [5.41, 5.74) is 0.566. The van der Waals surface area contributed by atoms with Crippen molar-refractivity contribution >= 4 is 17.5 Å². The molecule has 6 heteroatoms. The molecule has 17 heavy (non-hydrogen) atoms. The van der Waals surface area contributed by atoms with Gasteiger partial charge in [0.05, 0.1) is 12.7 Å². The van der Waals surface area contributed by atoms with Gasteiger partial charge in [-0.05, 0) is 30.8 Å². The van der Waals surface area contributed by atoms with Gasteiger partial charge in [-0.2, -0.15) is 5.10 Å². The van der Waals surface area contributed by atoms with Crippen LogP contribution in [0.3, 0.4) is 0 Å². The topological polar surface area (TPSA) is 67.9 Å². The molecule has 0 aliphatic heterocycles. The Bertz CT molecular complexity index is 526. The summed E-state index contributed by atoms with van der Waals surface area (Å²) < 4.78 is 5.19. The first kappa shape index (κ1) is 11.7. The largest absolute Gasteiger partial charge is 0.496 e. The molecule has 0 aliphatic carbocycles. The molecule has 0 amide bonds. The van der Waals surface area contributed by atoms with Gasteiger partial charge in [0.25, 0.3) is 0 Å². The van der Waals surface area contributed by atoms with Gasteiger partial charge < -0.3 is 4.74 Å². The zero-order chi connectivity index (χ0) is 12.3. The van der Waals surface area contributed by atoms with Crippen molar-refractivity contribution < 1.29 is 9.53 Å². The number of rotatable bonds is 4. The first-order valence-electron chi connectivity index (χ1n) is 4.93. The fourth-order valence-electron chi connectivity index (χ4n) is 1.46. The molecule has 0 aliphatic rings. The van der Waals surface area contributed by atoms with Crippen molar-refractivity contribution in [2.75, 3.05) is 7.11 Å². The van der Waals surface area contributed by atoms with Crippen molar-refractivity contribution in [1.82, 2.24) is 15.2 Å². The highest BCUT2D eigenvalue weighted by Crippen LogP contribution is 2.33. The minimum Gasteiger partial charge on any atom is -0.496 e. The normalized spacial score (nSPS) is 10.2. The number of aromatic nitrogens is 3. The van der Waals surface area contributed by atoms with Crippen LogP contribution in [-0.4, -0.2) is 28.1 Å². The number of ether oxygens (including phenoxy) is 1. The van der Waals surface area contributed by atoms with Crippen molar-refractivity contribution in [2.24, 2.45) is 0 Å². The lowest BCUT2D eigenvalue weighted by atomic mass is 10.1. The predicted molar refractivity (Wildman–Crippen MR) is 63.5 cm³/mol. The van der Waals surface area contributed by atoms with Crippen LogP contribution in [-0.2, 0) is 0 Å². The SMILES string of the molecule is COc1cccc(Sc2ncn[nH]2)c1C(C)=O. The molecule has 0 bridgehead atoms. The molecule has 0 saturated heterocycles.